The minimum atomic E-state index is -4.07. The zero-order chi connectivity index (χ0) is 25.6. The number of likely N-dealkylation sites (tertiary alicyclic amines) is 1. The van der Waals surface area contributed by atoms with Crippen molar-refractivity contribution in [3.63, 3.8) is 0 Å². The SMILES string of the molecule is N=C(N)N1CCCC(CNC(=O)[C@@H](CC(=O)c2ccccc2N)NS(=O)(=O)c2ccc(I)cc2)C1. The van der Waals surface area contributed by atoms with Gasteiger partial charge in [0.25, 0.3) is 0 Å². The van der Waals surface area contributed by atoms with Crippen LogP contribution in [0, 0.1) is 14.9 Å². The summed E-state index contributed by atoms with van der Waals surface area (Å²) in [6.45, 7) is 1.48. The van der Waals surface area contributed by atoms with Crippen LogP contribution in [0.4, 0.5) is 5.69 Å². The van der Waals surface area contributed by atoms with Gasteiger partial charge in [-0.2, -0.15) is 4.72 Å². The number of nitrogen functional groups attached to an aromatic ring is 1. The number of benzene rings is 2. The summed E-state index contributed by atoms with van der Waals surface area (Å²) < 4.78 is 29.2. The Hall–Kier alpha value is -2.71. The van der Waals surface area contributed by atoms with Crippen LogP contribution in [-0.4, -0.2) is 56.6 Å². The number of nitrogens with two attached hydrogens (primary N) is 2. The number of sulfonamides is 1. The fourth-order valence-electron chi connectivity index (χ4n) is 3.92. The molecule has 12 heteroatoms. The number of ketones is 1. The second-order valence-corrected chi connectivity index (χ2v) is 11.4. The van der Waals surface area contributed by atoms with Crippen molar-refractivity contribution < 1.29 is 18.0 Å². The van der Waals surface area contributed by atoms with Crippen LogP contribution in [-0.2, 0) is 14.8 Å². The largest absolute Gasteiger partial charge is 0.398 e. The number of nitrogens with one attached hydrogen (secondary N) is 3. The minimum absolute atomic E-state index is 0.00762. The number of piperidine rings is 1. The summed E-state index contributed by atoms with van der Waals surface area (Å²) in [4.78, 5) is 27.8. The van der Waals surface area contributed by atoms with Crippen molar-refractivity contribution in [3.8, 4) is 0 Å². The average molecular weight is 612 g/mol. The summed E-state index contributed by atoms with van der Waals surface area (Å²) in [6, 6.07) is 11.3. The number of Topliss-reactive ketones (excluding diaryl/α,β-unsaturated/α-hetero) is 1. The van der Waals surface area contributed by atoms with E-state index in [1.807, 2.05) is 0 Å². The van der Waals surface area contributed by atoms with E-state index >= 15 is 0 Å². The van der Waals surface area contributed by atoms with Crippen LogP contribution in [0.3, 0.4) is 0 Å². The normalized spacial score (nSPS) is 16.9. The molecule has 1 fully saturated rings. The Morgan fingerprint density at radius 1 is 1.17 bits per heavy atom. The summed E-state index contributed by atoms with van der Waals surface area (Å²) in [6.07, 6.45) is 1.27. The first kappa shape index (κ1) is 26.9. The maximum atomic E-state index is 13.1. The van der Waals surface area contributed by atoms with Crippen LogP contribution in [0.15, 0.2) is 53.4 Å². The molecule has 1 unspecified atom stereocenters. The monoisotopic (exact) mass is 612 g/mol. The van der Waals surface area contributed by atoms with Gasteiger partial charge in [0.1, 0.15) is 6.04 Å². The summed E-state index contributed by atoms with van der Waals surface area (Å²) >= 11 is 2.06. The molecule has 0 bridgehead atoms. The molecule has 2 aromatic carbocycles. The van der Waals surface area contributed by atoms with Gasteiger partial charge in [0, 0.05) is 40.9 Å². The van der Waals surface area contributed by atoms with Crippen LogP contribution in [0.25, 0.3) is 0 Å². The van der Waals surface area contributed by atoms with E-state index in [1.165, 1.54) is 12.1 Å². The summed E-state index contributed by atoms with van der Waals surface area (Å²) in [5.41, 5.74) is 12.0. The molecule has 2 atom stereocenters. The van der Waals surface area contributed by atoms with Crippen molar-refractivity contribution >= 4 is 56.0 Å². The van der Waals surface area contributed by atoms with Gasteiger partial charge in [-0.05, 0) is 77.7 Å². The Balaban J connectivity index is 1.76. The van der Waals surface area contributed by atoms with Crippen molar-refractivity contribution in [2.45, 2.75) is 30.2 Å². The maximum absolute atomic E-state index is 13.1. The lowest BCUT2D eigenvalue weighted by atomic mass is 9.97. The number of amides is 1. The van der Waals surface area contributed by atoms with E-state index in [1.54, 1.807) is 41.3 Å². The van der Waals surface area contributed by atoms with E-state index in [2.05, 4.69) is 32.6 Å². The molecule has 188 valence electrons. The zero-order valence-corrected chi connectivity index (χ0v) is 22.0. The first-order chi connectivity index (χ1) is 16.6. The third-order valence-corrected chi connectivity index (χ3v) is 8.02. The van der Waals surface area contributed by atoms with Gasteiger partial charge in [-0.1, -0.05) is 12.1 Å². The number of carbonyl (C=O) groups excluding carboxylic acids is 2. The van der Waals surface area contributed by atoms with Gasteiger partial charge in [0.2, 0.25) is 15.9 Å². The second kappa shape index (κ2) is 11.8. The Morgan fingerprint density at radius 2 is 1.86 bits per heavy atom. The van der Waals surface area contributed by atoms with E-state index in [4.69, 9.17) is 16.9 Å². The van der Waals surface area contributed by atoms with Crippen molar-refractivity contribution in [2.24, 2.45) is 11.7 Å². The molecule has 3 rings (SSSR count). The highest BCUT2D eigenvalue weighted by Gasteiger charge is 2.30. The third kappa shape index (κ3) is 7.39. The third-order valence-electron chi connectivity index (χ3n) is 5.81. The van der Waals surface area contributed by atoms with E-state index in [9.17, 15) is 18.0 Å². The number of hydrogen-bond donors (Lipinski definition) is 5. The molecule has 35 heavy (non-hydrogen) atoms. The van der Waals surface area contributed by atoms with E-state index in [-0.39, 0.29) is 34.6 Å². The summed E-state index contributed by atoms with van der Waals surface area (Å²) in [5, 5.41) is 10.4. The summed E-state index contributed by atoms with van der Waals surface area (Å²) in [5.74, 6) is -1.03. The predicted molar refractivity (Wildman–Crippen MR) is 142 cm³/mol. The van der Waals surface area contributed by atoms with Crippen molar-refractivity contribution in [1.82, 2.24) is 14.9 Å². The highest BCUT2D eigenvalue weighted by atomic mass is 127. The molecule has 1 heterocycles. The van der Waals surface area contributed by atoms with Gasteiger partial charge in [-0.25, -0.2) is 8.42 Å². The molecule has 1 aliphatic rings. The quantitative estimate of drug-likeness (QED) is 0.0940. The molecule has 10 nitrogen and oxygen atoms in total. The average Bonchev–Trinajstić information content (AvgIpc) is 2.82. The van der Waals surface area contributed by atoms with Crippen LogP contribution in [0.1, 0.15) is 29.6 Å². The van der Waals surface area contributed by atoms with Crippen LogP contribution in [0.5, 0.6) is 0 Å². The molecule has 0 radical (unpaired) electrons. The fourth-order valence-corrected chi connectivity index (χ4v) is 5.48. The maximum Gasteiger partial charge on any atom is 0.241 e. The second-order valence-electron chi connectivity index (χ2n) is 8.43. The lowest BCUT2D eigenvalue weighted by Gasteiger charge is -2.33. The standard InChI is InChI=1S/C23H29IN6O4S/c24-16-7-9-17(10-8-16)35(33,34)29-20(12-21(31)18-5-1-2-6-19(18)25)22(32)28-13-15-4-3-11-30(14-15)23(26)27/h1-2,5-10,15,20,29H,3-4,11-14,25H2,(H3,26,27)(H,28,32)/t15?,20-/m1/s1. The molecular formula is C23H29IN6O4S. The Labute approximate surface area is 218 Å². The van der Waals surface area contributed by atoms with E-state index in [0.29, 0.717) is 13.1 Å². The molecular weight excluding hydrogens is 583 g/mol. The number of anilines is 1. The first-order valence-electron chi connectivity index (χ1n) is 11.1. The molecule has 7 N–H and O–H groups in total. The topological polar surface area (TPSA) is 171 Å². The molecule has 2 aromatic rings. The van der Waals surface area contributed by atoms with Gasteiger partial charge in [-0.3, -0.25) is 15.0 Å². The predicted octanol–water partition coefficient (Wildman–Crippen LogP) is 1.51. The van der Waals surface area contributed by atoms with Gasteiger partial charge < -0.3 is 21.7 Å². The molecule has 0 aromatic heterocycles. The Morgan fingerprint density at radius 3 is 2.51 bits per heavy atom. The van der Waals surface area contributed by atoms with Crippen molar-refractivity contribution in [3.05, 3.63) is 57.7 Å². The highest BCUT2D eigenvalue weighted by molar-refractivity contribution is 14.1. The van der Waals surface area contributed by atoms with Crippen molar-refractivity contribution in [1.29, 1.82) is 5.41 Å². The van der Waals surface area contributed by atoms with Crippen LogP contribution < -0.4 is 21.5 Å². The van der Waals surface area contributed by atoms with E-state index < -0.39 is 34.2 Å². The molecule has 1 saturated heterocycles. The smallest absolute Gasteiger partial charge is 0.241 e. The minimum Gasteiger partial charge on any atom is -0.398 e. The Bertz CT molecular complexity index is 1190. The Kier molecular flexibility index (Phi) is 9.08. The molecule has 1 amide bonds. The lowest BCUT2D eigenvalue weighted by molar-refractivity contribution is -0.122. The van der Waals surface area contributed by atoms with Gasteiger partial charge in [-0.15, -0.1) is 0 Å². The lowest BCUT2D eigenvalue weighted by Crippen LogP contribution is -2.50. The molecule has 1 aliphatic heterocycles. The van der Waals surface area contributed by atoms with Crippen LogP contribution in [0.2, 0.25) is 0 Å². The van der Waals surface area contributed by atoms with Gasteiger partial charge >= 0.3 is 0 Å². The number of nitrogens with zero attached hydrogens (tertiary/aromatic N) is 1. The number of hydrogen-bond acceptors (Lipinski definition) is 6. The molecule has 0 aliphatic carbocycles. The zero-order valence-electron chi connectivity index (χ0n) is 19.0. The number of carbonyl (C=O) groups is 2. The fraction of sp³-hybridized carbons (Fsp3) is 0.348. The number of rotatable bonds is 9. The number of para-hydroxylation sites is 1. The highest BCUT2D eigenvalue weighted by Crippen LogP contribution is 2.18. The van der Waals surface area contributed by atoms with Gasteiger partial charge in [0.05, 0.1) is 4.90 Å². The van der Waals surface area contributed by atoms with Gasteiger partial charge in [0.15, 0.2) is 11.7 Å². The number of halogens is 1. The van der Waals surface area contributed by atoms with Crippen molar-refractivity contribution in [2.75, 3.05) is 25.4 Å². The van der Waals surface area contributed by atoms with E-state index in [0.717, 1.165) is 16.4 Å². The first-order valence-corrected chi connectivity index (χ1v) is 13.7. The van der Waals surface area contributed by atoms with Crippen LogP contribution >= 0.6 is 22.6 Å². The molecule has 0 saturated carbocycles. The molecule has 0 spiro atoms. The number of guanidine groups is 1. The summed E-state index contributed by atoms with van der Waals surface area (Å²) in [7, 11) is -4.07.